The fraction of sp³-hybridized carbons (Fsp3) is 0.286. The van der Waals surface area contributed by atoms with E-state index >= 15 is 0 Å². The predicted octanol–water partition coefficient (Wildman–Crippen LogP) is 4.34. The zero-order valence-electron chi connectivity index (χ0n) is 21.6. The average molecular weight is 534 g/mol. The van der Waals surface area contributed by atoms with E-state index in [0.717, 1.165) is 16.7 Å². The van der Waals surface area contributed by atoms with E-state index in [1.807, 2.05) is 37.3 Å². The van der Waals surface area contributed by atoms with Gasteiger partial charge in [0, 0.05) is 12.6 Å². The number of nitrogens with one attached hydrogen (secondary N) is 2. The van der Waals surface area contributed by atoms with Crippen LogP contribution in [0.15, 0.2) is 71.8 Å². The maximum Gasteiger partial charge on any atom is 0.296 e. The number of H-pyrrole nitrogens is 1. The van der Waals surface area contributed by atoms with Crippen molar-refractivity contribution in [3.8, 4) is 11.1 Å². The Balaban J connectivity index is 1.49. The summed E-state index contributed by atoms with van der Waals surface area (Å²) in [6, 6.07) is 18.2. The molecule has 0 spiro atoms. The number of carbonyl (C=O) groups excluding carboxylic acids is 1. The number of carbonyl (C=O) groups is 1. The van der Waals surface area contributed by atoms with Crippen molar-refractivity contribution in [2.75, 3.05) is 11.1 Å². The number of amides is 1. The Morgan fingerprint density at radius 1 is 1.08 bits per heavy atom. The summed E-state index contributed by atoms with van der Waals surface area (Å²) < 4.78 is 25.9. The van der Waals surface area contributed by atoms with E-state index in [1.54, 1.807) is 50.4 Å². The van der Waals surface area contributed by atoms with Crippen LogP contribution in [-0.4, -0.2) is 51.0 Å². The van der Waals surface area contributed by atoms with Gasteiger partial charge in [-0.2, -0.15) is 0 Å². The lowest BCUT2D eigenvalue weighted by atomic mass is 10.0. The van der Waals surface area contributed by atoms with Crippen LogP contribution in [0.4, 0.5) is 5.82 Å². The van der Waals surface area contributed by atoms with Crippen LogP contribution in [0.2, 0.25) is 0 Å². The van der Waals surface area contributed by atoms with E-state index in [-0.39, 0.29) is 16.5 Å². The van der Waals surface area contributed by atoms with Crippen LogP contribution < -0.4 is 5.32 Å². The van der Waals surface area contributed by atoms with Crippen molar-refractivity contribution in [3.05, 3.63) is 89.6 Å². The summed E-state index contributed by atoms with van der Waals surface area (Å²) in [5, 5.41) is 19.4. The number of aliphatic hydroxyl groups is 1. The smallest absolute Gasteiger partial charge is 0.296 e. The topological polar surface area (TPSA) is 138 Å². The van der Waals surface area contributed by atoms with Gasteiger partial charge in [-0.25, -0.2) is 18.4 Å². The lowest BCUT2D eigenvalue weighted by Gasteiger charge is -2.16. The number of rotatable bonds is 10. The third kappa shape index (κ3) is 7.11. The Kier molecular flexibility index (Phi) is 8.03. The van der Waals surface area contributed by atoms with Crippen molar-refractivity contribution in [1.82, 2.24) is 20.2 Å². The minimum atomic E-state index is -3.53. The molecule has 0 fully saturated rings. The second kappa shape index (κ2) is 11.2. The van der Waals surface area contributed by atoms with Gasteiger partial charge in [0.25, 0.3) is 5.91 Å². The van der Waals surface area contributed by atoms with Crippen molar-refractivity contribution >= 4 is 21.6 Å². The van der Waals surface area contributed by atoms with Gasteiger partial charge in [0.15, 0.2) is 9.84 Å². The standard InChI is InChI=1S/C28H31N5O4S/c1-19-10-11-22(38(36,37)15-7-13-28(2,3)35)18-23(19)21-12-14-29-24(17-21)31-27(34)26-30-25(32-33-26)16-20-8-5-4-6-9-20/h4-6,8-12,14,17-18,35H,7,13,15-16H2,1-3H3,(H,29,31,34)(H,30,32,33). The van der Waals surface area contributed by atoms with Crippen LogP contribution in [-0.2, 0) is 16.3 Å². The second-order valence-electron chi connectivity index (χ2n) is 9.86. The molecule has 3 N–H and O–H groups in total. The molecule has 0 atom stereocenters. The third-order valence-corrected chi connectivity index (χ3v) is 7.83. The zero-order valence-corrected chi connectivity index (χ0v) is 22.4. The molecular formula is C28H31N5O4S. The highest BCUT2D eigenvalue weighted by molar-refractivity contribution is 7.91. The Hall–Kier alpha value is -3.89. The lowest BCUT2D eigenvalue weighted by molar-refractivity contribution is 0.0705. The predicted molar refractivity (Wildman–Crippen MR) is 146 cm³/mol. The SMILES string of the molecule is Cc1ccc(S(=O)(=O)CCCC(C)(C)O)cc1-c1ccnc(NC(=O)c2n[nH]c(Cc3ccccc3)n2)c1. The number of nitrogens with zero attached hydrogens (tertiary/aromatic N) is 3. The number of hydrogen-bond donors (Lipinski definition) is 3. The van der Waals surface area contributed by atoms with Gasteiger partial charge in [0.05, 0.1) is 16.2 Å². The molecule has 4 rings (SSSR count). The third-order valence-electron chi connectivity index (χ3n) is 6.03. The largest absolute Gasteiger partial charge is 0.390 e. The number of sulfone groups is 1. The summed E-state index contributed by atoms with van der Waals surface area (Å²) in [5.41, 5.74) is 2.43. The highest BCUT2D eigenvalue weighted by atomic mass is 32.2. The molecule has 1 amide bonds. The van der Waals surface area contributed by atoms with Crippen molar-refractivity contribution in [1.29, 1.82) is 0 Å². The van der Waals surface area contributed by atoms with Gasteiger partial charge in [-0.1, -0.05) is 36.4 Å². The molecule has 4 aromatic rings. The highest BCUT2D eigenvalue weighted by Crippen LogP contribution is 2.28. The quantitative estimate of drug-likeness (QED) is 0.276. The monoisotopic (exact) mass is 533 g/mol. The molecule has 0 radical (unpaired) electrons. The number of anilines is 1. The molecule has 10 heteroatoms. The fourth-order valence-electron chi connectivity index (χ4n) is 4.02. The summed E-state index contributed by atoms with van der Waals surface area (Å²) >= 11 is 0. The van der Waals surface area contributed by atoms with E-state index < -0.39 is 21.3 Å². The Morgan fingerprint density at radius 2 is 1.84 bits per heavy atom. The number of benzene rings is 2. The molecule has 2 heterocycles. The molecule has 9 nitrogen and oxygen atoms in total. The first-order chi connectivity index (χ1) is 18.0. The fourth-order valence-corrected chi connectivity index (χ4v) is 5.35. The van der Waals surface area contributed by atoms with E-state index in [9.17, 15) is 18.3 Å². The van der Waals surface area contributed by atoms with Crippen molar-refractivity contribution in [2.45, 2.75) is 50.5 Å². The number of pyridine rings is 1. The van der Waals surface area contributed by atoms with Crippen LogP contribution in [0, 0.1) is 6.92 Å². The van der Waals surface area contributed by atoms with Gasteiger partial charge in [0.2, 0.25) is 5.82 Å². The van der Waals surface area contributed by atoms with Gasteiger partial charge in [0.1, 0.15) is 11.6 Å². The number of hydrogen-bond acceptors (Lipinski definition) is 7. The van der Waals surface area contributed by atoms with Crippen LogP contribution in [0.3, 0.4) is 0 Å². The number of aryl methyl sites for hydroxylation is 1. The van der Waals surface area contributed by atoms with Crippen LogP contribution in [0.5, 0.6) is 0 Å². The maximum absolute atomic E-state index is 12.9. The average Bonchev–Trinajstić information content (AvgIpc) is 3.33. The van der Waals surface area contributed by atoms with Crippen molar-refractivity contribution in [2.24, 2.45) is 0 Å². The van der Waals surface area contributed by atoms with Crippen LogP contribution in [0.1, 0.15) is 54.3 Å². The number of aromatic amines is 1. The summed E-state index contributed by atoms with van der Waals surface area (Å²) in [5.74, 6) is 0.294. The molecule has 198 valence electrons. The first-order valence-electron chi connectivity index (χ1n) is 12.3. The van der Waals surface area contributed by atoms with Gasteiger partial charge in [-0.3, -0.25) is 9.89 Å². The second-order valence-corrected chi connectivity index (χ2v) is 12.0. The summed E-state index contributed by atoms with van der Waals surface area (Å²) in [7, 11) is -3.53. The molecule has 0 bridgehead atoms. The van der Waals surface area contributed by atoms with Crippen LogP contribution >= 0.6 is 0 Å². The maximum atomic E-state index is 12.9. The van der Waals surface area contributed by atoms with Gasteiger partial charge in [-0.15, -0.1) is 5.10 Å². The molecule has 0 aliphatic carbocycles. The highest BCUT2D eigenvalue weighted by Gasteiger charge is 2.20. The van der Waals surface area contributed by atoms with Gasteiger partial charge >= 0.3 is 0 Å². The normalized spacial score (nSPS) is 11.9. The van der Waals surface area contributed by atoms with Crippen molar-refractivity contribution < 1.29 is 18.3 Å². The first-order valence-corrected chi connectivity index (χ1v) is 13.9. The van der Waals surface area contributed by atoms with Gasteiger partial charge < -0.3 is 10.4 Å². The molecule has 0 saturated carbocycles. The minimum absolute atomic E-state index is 0.00142. The molecule has 0 saturated heterocycles. The molecule has 0 aliphatic rings. The summed E-state index contributed by atoms with van der Waals surface area (Å²) in [4.78, 5) is 21.5. The molecule has 0 unspecified atom stereocenters. The molecule has 2 aromatic carbocycles. The summed E-state index contributed by atoms with van der Waals surface area (Å²) in [6.45, 7) is 5.21. The van der Waals surface area contributed by atoms with Crippen molar-refractivity contribution in [3.63, 3.8) is 0 Å². The Morgan fingerprint density at radius 3 is 2.58 bits per heavy atom. The molecule has 38 heavy (non-hydrogen) atoms. The summed E-state index contributed by atoms with van der Waals surface area (Å²) in [6.07, 6.45) is 2.81. The Labute approximate surface area is 222 Å². The molecular weight excluding hydrogens is 502 g/mol. The van der Waals surface area contributed by atoms with Gasteiger partial charge in [-0.05, 0) is 80.1 Å². The Bertz CT molecular complexity index is 1530. The van der Waals surface area contributed by atoms with Crippen LogP contribution in [0.25, 0.3) is 11.1 Å². The first kappa shape index (κ1) is 27.2. The lowest BCUT2D eigenvalue weighted by Crippen LogP contribution is -2.20. The van der Waals surface area contributed by atoms with E-state index in [1.165, 1.54) is 0 Å². The van der Waals surface area contributed by atoms with E-state index in [2.05, 4.69) is 25.5 Å². The minimum Gasteiger partial charge on any atom is -0.390 e. The van der Waals surface area contributed by atoms with E-state index in [4.69, 9.17) is 0 Å². The zero-order chi connectivity index (χ0) is 27.3. The molecule has 0 aliphatic heterocycles. The molecule has 2 aromatic heterocycles. The van der Waals surface area contributed by atoms with E-state index in [0.29, 0.717) is 36.5 Å². The number of aromatic nitrogens is 4.